The zero-order valence-electron chi connectivity index (χ0n) is 16.1. The fraction of sp³-hybridized carbons (Fsp3) is 0.550. The van der Waals surface area contributed by atoms with Crippen LogP contribution in [0.2, 0.25) is 0 Å². The number of ether oxygens (including phenoxy) is 3. The summed E-state index contributed by atoms with van der Waals surface area (Å²) in [5, 5.41) is 2.51. The van der Waals surface area contributed by atoms with Crippen LogP contribution in [0.15, 0.2) is 24.3 Å². The van der Waals surface area contributed by atoms with E-state index in [1.165, 1.54) is 6.92 Å². The summed E-state index contributed by atoms with van der Waals surface area (Å²) in [4.78, 5) is 37.3. The molecule has 0 unspecified atom stereocenters. The minimum Gasteiger partial charge on any atom is -0.464 e. The summed E-state index contributed by atoms with van der Waals surface area (Å²) in [5.74, 6) is -2.30. The maximum atomic E-state index is 12.7. The molecular weight excluding hydrogens is 350 g/mol. The van der Waals surface area contributed by atoms with Gasteiger partial charge in [-0.25, -0.2) is 9.59 Å². The molecule has 1 aliphatic rings. The van der Waals surface area contributed by atoms with Crippen molar-refractivity contribution in [2.75, 3.05) is 19.8 Å². The quantitative estimate of drug-likeness (QED) is 0.575. The van der Waals surface area contributed by atoms with Crippen LogP contribution in [-0.4, -0.2) is 43.2 Å². The predicted molar refractivity (Wildman–Crippen MR) is 97.7 cm³/mol. The van der Waals surface area contributed by atoms with E-state index in [9.17, 15) is 14.4 Å². The van der Waals surface area contributed by atoms with Crippen molar-refractivity contribution in [3.63, 3.8) is 0 Å². The molecule has 0 aromatic heterocycles. The van der Waals surface area contributed by atoms with Crippen molar-refractivity contribution in [1.29, 1.82) is 0 Å². The van der Waals surface area contributed by atoms with Crippen LogP contribution >= 0.6 is 0 Å². The molecule has 1 aromatic rings. The number of amides is 1. The second kappa shape index (κ2) is 9.50. The first kappa shape index (κ1) is 20.9. The third kappa shape index (κ3) is 5.07. The Hall–Kier alpha value is -2.41. The van der Waals surface area contributed by atoms with Gasteiger partial charge in [0.15, 0.2) is 0 Å². The minimum atomic E-state index is -1.88. The van der Waals surface area contributed by atoms with Crippen molar-refractivity contribution in [3.05, 3.63) is 35.4 Å². The van der Waals surface area contributed by atoms with Gasteiger partial charge < -0.3 is 19.5 Å². The average molecular weight is 377 g/mol. The Labute approximate surface area is 159 Å². The van der Waals surface area contributed by atoms with Crippen molar-refractivity contribution >= 4 is 17.8 Å². The van der Waals surface area contributed by atoms with E-state index in [2.05, 4.69) is 5.32 Å². The normalized spacial score (nSPS) is 16.6. The molecule has 0 saturated heterocycles. The van der Waals surface area contributed by atoms with Gasteiger partial charge in [0.1, 0.15) is 0 Å². The molecule has 1 aliphatic heterocycles. The van der Waals surface area contributed by atoms with Crippen LogP contribution in [-0.2, 0) is 41.6 Å². The van der Waals surface area contributed by atoms with Crippen molar-refractivity contribution in [2.24, 2.45) is 5.92 Å². The van der Waals surface area contributed by atoms with Crippen LogP contribution in [0.25, 0.3) is 0 Å². The summed E-state index contributed by atoms with van der Waals surface area (Å²) in [7, 11) is 0. The first-order chi connectivity index (χ1) is 12.9. The topological polar surface area (TPSA) is 90.9 Å². The van der Waals surface area contributed by atoms with E-state index in [0.717, 1.165) is 11.1 Å². The number of carbonyl (C=O) groups excluding carboxylic acids is 3. The molecule has 0 saturated carbocycles. The van der Waals surface area contributed by atoms with Crippen LogP contribution in [0.1, 0.15) is 38.3 Å². The largest absolute Gasteiger partial charge is 0.464 e. The fourth-order valence-electron chi connectivity index (χ4n) is 3.38. The van der Waals surface area contributed by atoms with E-state index < -0.39 is 23.4 Å². The molecular formula is C20H27NO6. The maximum Gasteiger partial charge on any atom is 0.343 e. The van der Waals surface area contributed by atoms with Gasteiger partial charge in [0, 0.05) is 6.92 Å². The number of hydrogen-bond donors (Lipinski definition) is 1. The van der Waals surface area contributed by atoms with E-state index in [1.54, 1.807) is 13.8 Å². The zero-order valence-corrected chi connectivity index (χ0v) is 16.1. The highest BCUT2D eigenvalue weighted by atomic mass is 16.6. The molecule has 1 atom stereocenters. The number of carbonyl (C=O) groups is 3. The Morgan fingerprint density at radius 1 is 1.11 bits per heavy atom. The highest BCUT2D eigenvalue weighted by molar-refractivity contribution is 6.07. The molecule has 1 N–H and O–H groups in total. The lowest BCUT2D eigenvalue weighted by Gasteiger charge is -2.32. The Bertz CT molecular complexity index is 669. The number of esters is 2. The summed E-state index contributed by atoms with van der Waals surface area (Å²) in [6.07, 6.45) is 0.662. The summed E-state index contributed by atoms with van der Waals surface area (Å²) in [6.45, 7) is 5.55. The van der Waals surface area contributed by atoms with Gasteiger partial charge in [-0.1, -0.05) is 24.3 Å². The summed E-state index contributed by atoms with van der Waals surface area (Å²) < 4.78 is 16.0. The van der Waals surface area contributed by atoms with Crippen LogP contribution in [0.4, 0.5) is 0 Å². The van der Waals surface area contributed by atoms with E-state index in [4.69, 9.17) is 14.2 Å². The third-order valence-corrected chi connectivity index (χ3v) is 4.47. The van der Waals surface area contributed by atoms with Gasteiger partial charge >= 0.3 is 11.9 Å². The second-order valence-corrected chi connectivity index (χ2v) is 6.59. The van der Waals surface area contributed by atoms with Gasteiger partial charge in [0.05, 0.1) is 26.4 Å². The van der Waals surface area contributed by atoms with Crippen LogP contribution in [0.5, 0.6) is 0 Å². The zero-order chi connectivity index (χ0) is 19.9. The van der Waals surface area contributed by atoms with Gasteiger partial charge in [-0.15, -0.1) is 0 Å². The van der Waals surface area contributed by atoms with Crippen molar-refractivity contribution < 1.29 is 28.6 Å². The lowest BCUT2D eigenvalue weighted by atomic mass is 9.83. The van der Waals surface area contributed by atoms with Gasteiger partial charge in [-0.2, -0.15) is 0 Å². The van der Waals surface area contributed by atoms with Gasteiger partial charge in [-0.3, -0.25) is 4.79 Å². The molecule has 0 aliphatic carbocycles. The molecule has 1 amide bonds. The summed E-state index contributed by atoms with van der Waals surface area (Å²) >= 11 is 0. The third-order valence-electron chi connectivity index (χ3n) is 4.47. The Balaban J connectivity index is 2.35. The van der Waals surface area contributed by atoms with E-state index in [-0.39, 0.29) is 25.6 Å². The lowest BCUT2D eigenvalue weighted by molar-refractivity contribution is -0.169. The number of hydrogen-bond acceptors (Lipinski definition) is 6. The Morgan fingerprint density at radius 3 is 2.26 bits per heavy atom. The number of fused-ring (bicyclic) bond motifs is 1. The molecule has 0 fully saturated rings. The van der Waals surface area contributed by atoms with Gasteiger partial charge in [-0.05, 0) is 43.7 Å². The molecule has 27 heavy (non-hydrogen) atoms. The van der Waals surface area contributed by atoms with Gasteiger partial charge in [0.2, 0.25) is 11.4 Å². The van der Waals surface area contributed by atoms with E-state index in [1.807, 2.05) is 24.3 Å². The van der Waals surface area contributed by atoms with Crippen LogP contribution < -0.4 is 5.32 Å². The molecule has 7 nitrogen and oxygen atoms in total. The molecule has 7 heteroatoms. The molecule has 0 bridgehead atoms. The first-order valence-electron chi connectivity index (χ1n) is 9.20. The Morgan fingerprint density at radius 2 is 1.70 bits per heavy atom. The highest BCUT2D eigenvalue weighted by Gasteiger charge is 2.51. The fourth-order valence-corrected chi connectivity index (χ4v) is 3.38. The first-order valence-corrected chi connectivity index (χ1v) is 9.20. The van der Waals surface area contributed by atoms with Crippen molar-refractivity contribution in [1.82, 2.24) is 5.32 Å². The minimum absolute atomic E-state index is 0.0403. The molecule has 2 rings (SSSR count). The molecule has 1 aromatic carbocycles. The van der Waals surface area contributed by atoms with E-state index >= 15 is 0 Å². The van der Waals surface area contributed by atoms with Crippen LogP contribution in [0.3, 0.4) is 0 Å². The Kier molecular flexibility index (Phi) is 7.36. The number of rotatable bonds is 7. The maximum absolute atomic E-state index is 12.7. The van der Waals surface area contributed by atoms with Crippen molar-refractivity contribution in [2.45, 2.75) is 45.8 Å². The molecule has 1 heterocycles. The second-order valence-electron chi connectivity index (χ2n) is 6.59. The molecule has 148 valence electrons. The molecule has 0 spiro atoms. The van der Waals surface area contributed by atoms with Gasteiger partial charge in [0.25, 0.3) is 0 Å². The number of nitrogens with one attached hydrogen (secondary N) is 1. The summed E-state index contributed by atoms with van der Waals surface area (Å²) in [5.41, 5.74) is 0.298. The van der Waals surface area contributed by atoms with Crippen molar-refractivity contribution in [3.8, 4) is 0 Å². The van der Waals surface area contributed by atoms with E-state index in [0.29, 0.717) is 19.6 Å². The van der Waals surface area contributed by atoms with Crippen LogP contribution in [0, 0.1) is 5.92 Å². The number of benzene rings is 1. The lowest BCUT2D eigenvalue weighted by Crippen LogP contribution is -2.62. The monoisotopic (exact) mass is 377 g/mol. The SMILES string of the molecule is CCOC(=O)C(C[C@@H]1COCc2ccccc2C1)(NC(C)=O)C(=O)OCC. The predicted octanol–water partition coefficient (Wildman–Crippen LogP) is 1.77. The standard InChI is InChI=1S/C20H27NO6/c1-4-26-18(23)20(21-14(3)22,19(24)27-5-2)11-15-10-16-8-6-7-9-17(16)13-25-12-15/h6-9,15H,4-5,10-13H2,1-3H3,(H,21,22)/t15-/m1/s1. The highest BCUT2D eigenvalue weighted by Crippen LogP contribution is 2.28. The smallest absolute Gasteiger partial charge is 0.343 e. The summed E-state index contributed by atoms with van der Waals surface area (Å²) in [6, 6.07) is 7.89. The average Bonchev–Trinajstić information content (AvgIpc) is 2.82. The molecule has 0 radical (unpaired) electrons.